The Morgan fingerprint density at radius 3 is 3.09 bits per heavy atom. The van der Waals surface area contributed by atoms with Gasteiger partial charge in [-0.2, -0.15) is 0 Å². The Morgan fingerprint density at radius 1 is 1.48 bits per heavy atom. The summed E-state index contributed by atoms with van der Waals surface area (Å²) in [5.41, 5.74) is 1.39. The van der Waals surface area contributed by atoms with Crippen LogP contribution in [0.25, 0.3) is 0 Å². The predicted molar refractivity (Wildman–Crippen MR) is 85.3 cm³/mol. The Morgan fingerprint density at radius 2 is 2.35 bits per heavy atom. The lowest BCUT2D eigenvalue weighted by atomic mass is 9.98. The van der Waals surface area contributed by atoms with Crippen LogP contribution in [-0.2, 0) is 9.47 Å². The minimum absolute atomic E-state index is 0.0559. The number of ether oxygens (including phenoxy) is 2. The Kier molecular flexibility index (Phi) is 3.85. The minimum atomic E-state index is -0.192. The first-order chi connectivity index (χ1) is 11.1. The average molecular weight is 316 g/mol. The molecular weight excluding hydrogens is 292 g/mol. The summed E-state index contributed by atoms with van der Waals surface area (Å²) in [5, 5.41) is 0. The highest BCUT2D eigenvalue weighted by molar-refractivity contribution is 5.94. The van der Waals surface area contributed by atoms with Crippen molar-refractivity contribution in [2.24, 2.45) is 5.92 Å². The molecule has 1 amide bonds. The molecule has 1 aromatic rings. The first kappa shape index (κ1) is 15.1. The minimum Gasteiger partial charge on any atom is -0.375 e. The largest absolute Gasteiger partial charge is 0.375 e. The van der Waals surface area contributed by atoms with E-state index in [1.54, 1.807) is 6.20 Å². The molecule has 5 heteroatoms. The van der Waals surface area contributed by atoms with Gasteiger partial charge in [0.2, 0.25) is 0 Å². The number of hydrogen-bond acceptors (Lipinski definition) is 4. The van der Waals surface area contributed by atoms with Gasteiger partial charge in [0.1, 0.15) is 0 Å². The van der Waals surface area contributed by atoms with E-state index in [1.807, 2.05) is 24.0 Å². The second kappa shape index (κ2) is 5.87. The SMILES string of the molecule is Cc1ccc(C(=O)N2CC[C@]3(C[C@H](OCC4CC4)CO3)C2)cn1. The van der Waals surface area contributed by atoms with Gasteiger partial charge in [-0.1, -0.05) is 0 Å². The second-order valence-corrected chi connectivity index (χ2v) is 7.26. The lowest BCUT2D eigenvalue weighted by Crippen LogP contribution is -2.36. The molecule has 1 aliphatic carbocycles. The molecule has 0 aromatic carbocycles. The van der Waals surface area contributed by atoms with Crippen LogP contribution >= 0.6 is 0 Å². The summed E-state index contributed by atoms with van der Waals surface area (Å²) in [5.74, 6) is 0.836. The number of pyridine rings is 1. The van der Waals surface area contributed by atoms with Crippen molar-refractivity contribution in [3.05, 3.63) is 29.6 Å². The van der Waals surface area contributed by atoms with Gasteiger partial charge in [0, 0.05) is 31.5 Å². The topological polar surface area (TPSA) is 51.7 Å². The zero-order chi connectivity index (χ0) is 15.9. The van der Waals surface area contributed by atoms with Crippen LogP contribution in [0.3, 0.4) is 0 Å². The van der Waals surface area contributed by atoms with Gasteiger partial charge in [-0.3, -0.25) is 9.78 Å². The molecule has 3 heterocycles. The van der Waals surface area contributed by atoms with Crippen molar-refractivity contribution < 1.29 is 14.3 Å². The van der Waals surface area contributed by atoms with Crippen molar-refractivity contribution in [2.45, 2.75) is 44.3 Å². The molecule has 0 radical (unpaired) electrons. The van der Waals surface area contributed by atoms with Crippen molar-refractivity contribution in [3.8, 4) is 0 Å². The van der Waals surface area contributed by atoms with Gasteiger partial charge >= 0.3 is 0 Å². The lowest BCUT2D eigenvalue weighted by molar-refractivity contribution is 0.00156. The number of aryl methyl sites for hydroxylation is 1. The Bertz CT molecular complexity index is 584. The standard InChI is InChI=1S/C18H24N2O3/c1-13-2-5-15(9-19-13)17(21)20-7-6-18(12-20)8-16(11-23-18)22-10-14-3-4-14/h2,5,9,14,16H,3-4,6-8,10-12H2,1H3/t16-,18-/m0/s1. The number of amides is 1. The number of hydrogen-bond donors (Lipinski definition) is 0. The van der Waals surface area contributed by atoms with E-state index in [4.69, 9.17) is 9.47 Å². The van der Waals surface area contributed by atoms with Crippen LogP contribution in [0, 0.1) is 12.8 Å². The van der Waals surface area contributed by atoms with E-state index >= 15 is 0 Å². The number of likely N-dealkylation sites (tertiary alicyclic amines) is 1. The molecule has 23 heavy (non-hydrogen) atoms. The molecular formula is C18H24N2O3. The lowest BCUT2D eigenvalue weighted by Gasteiger charge is -2.23. The van der Waals surface area contributed by atoms with E-state index in [9.17, 15) is 4.79 Å². The van der Waals surface area contributed by atoms with Crippen molar-refractivity contribution >= 4 is 5.91 Å². The highest BCUT2D eigenvalue weighted by atomic mass is 16.6. The third-order valence-corrected chi connectivity index (χ3v) is 5.20. The van der Waals surface area contributed by atoms with Crippen molar-refractivity contribution in [1.82, 2.24) is 9.88 Å². The van der Waals surface area contributed by atoms with Crippen molar-refractivity contribution in [1.29, 1.82) is 0 Å². The quantitative estimate of drug-likeness (QED) is 0.854. The Labute approximate surface area is 137 Å². The fourth-order valence-electron chi connectivity index (χ4n) is 3.55. The number of carbonyl (C=O) groups excluding carboxylic acids is 1. The Hall–Kier alpha value is -1.46. The van der Waals surface area contributed by atoms with E-state index in [-0.39, 0.29) is 17.6 Å². The summed E-state index contributed by atoms with van der Waals surface area (Å²) in [6, 6.07) is 3.74. The molecule has 2 atom stereocenters. The summed E-state index contributed by atoms with van der Waals surface area (Å²) in [6.45, 7) is 4.89. The van der Waals surface area contributed by atoms with Crippen LogP contribution in [-0.4, -0.2) is 53.8 Å². The maximum atomic E-state index is 12.6. The van der Waals surface area contributed by atoms with E-state index < -0.39 is 0 Å². The van der Waals surface area contributed by atoms with E-state index in [0.717, 1.165) is 37.6 Å². The van der Waals surface area contributed by atoms with Crippen LogP contribution < -0.4 is 0 Å². The summed E-state index contributed by atoms with van der Waals surface area (Å²) in [6.07, 6.45) is 6.31. The van der Waals surface area contributed by atoms with E-state index in [2.05, 4.69) is 4.98 Å². The number of nitrogens with zero attached hydrogens (tertiary/aromatic N) is 2. The fourth-order valence-corrected chi connectivity index (χ4v) is 3.55. The van der Waals surface area contributed by atoms with Gasteiger partial charge in [-0.25, -0.2) is 0 Å². The van der Waals surface area contributed by atoms with Gasteiger partial charge in [-0.15, -0.1) is 0 Å². The molecule has 0 unspecified atom stereocenters. The Balaban J connectivity index is 1.35. The van der Waals surface area contributed by atoms with E-state index in [1.165, 1.54) is 12.8 Å². The second-order valence-electron chi connectivity index (χ2n) is 7.26. The van der Waals surface area contributed by atoms with Crippen molar-refractivity contribution in [2.75, 3.05) is 26.3 Å². The molecule has 1 saturated carbocycles. The van der Waals surface area contributed by atoms with Gasteiger partial charge in [0.15, 0.2) is 0 Å². The molecule has 1 spiro atoms. The van der Waals surface area contributed by atoms with Crippen molar-refractivity contribution in [3.63, 3.8) is 0 Å². The summed E-state index contributed by atoms with van der Waals surface area (Å²) >= 11 is 0. The maximum absolute atomic E-state index is 12.6. The van der Waals surface area contributed by atoms with Crippen LogP contribution in [0.4, 0.5) is 0 Å². The zero-order valence-corrected chi connectivity index (χ0v) is 13.7. The number of rotatable bonds is 4. The zero-order valence-electron chi connectivity index (χ0n) is 13.7. The molecule has 0 N–H and O–H groups in total. The maximum Gasteiger partial charge on any atom is 0.255 e. The van der Waals surface area contributed by atoms with Gasteiger partial charge < -0.3 is 14.4 Å². The summed E-state index contributed by atoms with van der Waals surface area (Å²) in [4.78, 5) is 18.7. The van der Waals surface area contributed by atoms with Crippen LogP contribution in [0.15, 0.2) is 18.3 Å². The molecule has 3 aliphatic rings. The van der Waals surface area contributed by atoms with Gasteiger partial charge in [0.25, 0.3) is 5.91 Å². The first-order valence-corrected chi connectivity index (χ1v) is 8.61. The number of carbonyl (C=O) groups is 1. The number of aromatic nitrogens is 1. The monoisotopic (exact) mass is 316 g/mol. The third kappa shape index (κ3) is 3.26. The molecule has 124 valence electrons. The van der Waals surface area contributed by atoms with E-state index in [0.29, 0.717) is 18.7 Å². The predicted octanol–water partition coefficient (Wildman–Crippen LogP) is 2.19. The van der Waals surface area contributed by atoms with Crippen LogP contribution in [0.2, 0.25) is 0 Å². The molecule has 3 fully saturated rings. The molecule has 4 rings (SSSR count). The molecule has 2 saturated heterocycles. The first-order valence-electron chi connectivity index (χ1n) is 8.61. The molecule has 0 bridgehead atoms. The summed E-state index contributed by atoms with van der Waals surface area (Å²) < 4.78 is 12.0. The molecule has 5 nitrogen and oxygen atoms in total. The molecule has 1 aromatic heterocycles. The fraction of sp³-hybridized carbons (Fsp3) is 0.667. The molecule has 2 aliphatic heterocycles. The average Bonchev–Trinajstić information content (AvgIpc) is 3.18. The smallest absolute Gasteiger partial charge is 0.255 e. The normalized spacial score (nSPS) is 30.3. The van der Waals surface area contributed by atoms with Crippen LogP contribution in [0.1, 0.15) is 41.7 Å². The van der Waals surface area contributed by atoms with Crippen LogP contribution in [0.5, 0.6) is 0 Å². The van der Waals surface area contributed by atoms with Gasteiger partial charge in [0.05, 0.1) is 30.4 Å². The van der Waals surface area contributed by atoms with Gasteiger partial charge in [-0.05, 0) is 44.2 Å². The highest BCUT2D eigenvalue weighted by Crippen LogP contribution is 2.38. The summed E-state index contributed by atoms with van der Waals surface area (Å²) in [7, 11) is 0. The highest BCUT2D eigenvalue weighted by Gasteiger charge is 2.47. The third-order valence-electron chi connectivity index (χ3n) is 5.20.